The van der Waals surface area contributed by atoms with Crippen LogP contribution in [-0.4, -0.2) is 26.2 Å². The van der Waals surface area contributed by atoms with Gasteiger partial charge in [0.2, 0.25) is 0 Å². The Balaban J connectivity index is -0.000000723. The smallest absolute Gasteiger partial charge is 0.305 e. The molecule has 0 rings (SSSR count). The summed E-state index contributed by atoms with van der Waals surface area (Å²) in [4.78, 5) is 21.8. The highest BCUT2D eigenvalue weighted by molar-refractivity contribution is 15.0. The van der Waals surface area contributed by atoms with Gasteiger partial charge in [-0.15, -0.1) is 18.6 Å². The molecule has 0 spiro atoms. The van der Waals surface area contributed by atoms with Gasteiger partial charge >= 0.3 is 11.9 Å². The van der Waals surface area contributed by atoms with E-state index < -0.39 is 0 Å². The normalized spacial score (nSPS) is 11.0. The third kappa shape index (κ3) is 48.0. The lowest BCUT2D eigenvalue weighted by atomic mass is 10.1. The number of esters is 2. The Morgan fingerprint density at radius 2 is 0.977 bits per heavy atom. The van der Waals surface area contributed by atoms with Crippen LogP contribution in [0, 0.1) is 12.8 Å². The number of carbonyl (C=O) groups excluding carboxylic acids is 2. The van der Waals surface area contributed by atoms with Gasteiger partial charge in [0.25, 0.3) is 0 Å². The molecule has 0 aliphatic heterocycles. The van der Waals surface area contributed by atoms with E-state index in [1.54, 1.807) is 0 Å². The second-order valence-electron chi connectivity index (χ2n) is 10.9. The van der Waals surface area contributed by atoms with Crippen molar-refractivity contribution >= 4 is 49.2 Å². The molecule has 0 bridgehead atoms. The van der Waals surface area contributed by atoms with Gasteiger partial charge in [0.15, 0.2) is 0 Å². The predicted octanol–water partition coefficient (Wildman–Crippen LogP) is 13.3. The minimum absolute atomic E-state index is 0.0868. The van der Waals surface area contributed by atoms with Gasteiger partial charge < -0.3 is 9.47 Å². The van der Waals surface area contributed by atoms with E-state index in [2.05, 4.69) is 122 Å². The van der Waals surface area contributed by atoms with Crippen LogP contribution in [0.25, 0.3) is 0 Å². The molecule has 0 heterocycles. The third-order valence-corrected chi connectivity index (χ3v) is 6.90. The molecule has 0 unspecified atom stereocenters. The molecule has 258 valence electrons. The van der Waals surface area contributed by atoms with E-state index in [0.29, 0.717) is 12.8 Å². The van der Waals surface area contributed by atoms with Gasteiger partial charge in [-0.05, 0) is 25.7 Å². The van der Waals surface area contributed by atoms with Gasteiger partial charge in [-0.25, -0.2) is 18.6 Å². The molecular formula is C38H66I2O4-2. The molecule has 0 saturated carbocycles. The zero-order valence-corrected chi connectivity index (χ0v) is 33.0. The average Bonchev–Trinajstić information content (AvgIpc) is 3.05. The second kappa shape index (κ2) is 46.5. The largest absolute Gasteiger partial charge is 0.469 e. The topological polar surface area (TPSA) is 52.6 Å². The van der Waals surface area contributed by atoms with Crippen LogP contribution >= 0.6 is 37.2 Å². The van der Waals surface area contributed by atoms with Crippen molar-refractivity contribution in [2.24, 2.45) is 0 Å². The maximum absolute atomic E-state index is 10.9. The zero-order valence-electron chi connectivity index (χ0n) is 28.7. The number of halogens is 2. The summed E-state index contributed by atoms with van der Waals surface area (Å²) < 4.78 is 9.22. The van der Waals surface area contributed by atoms with E-state index in [4.69, 9.17) is 0 Å². The van der Waals surface area contributed by atoms with Crippen molar-refractivity contribution in [3.05, 3.63) is 61.4 Å². The Bertz CT molecular complexity index is 686. The summed E-state index contributed by atoms with van der Waals surface area (Å²) in [5, 5.41) is 0. The zero-order chi connectivity index (χ0) is 33.2. The number of hydrogen-bond acceptors (Lipinski definition) is 4. The van der Waals surface area contributed by atoms with Crippen LogP contribution in [0.2, 0.25) is 0 Å². The van der Waals surface area contributed by atoms with E-state index in [-0.39, 0.29) is 11.9 Å². The van der Waals surface area contributed by atoms with Crippen molar-refractivity contribution in [3.8, 4) is 0 Å². The fourth-order valence-corrected chi connectivity index (χ4v) is 4.18. The van der Waals surface area contributed by atoms with E-state index in [0.717, 1.165) is 38.5 Å². The van der Waals surface area contributed by atoms with Gasteiger partial charge in [0.05, 0.1) is 14.2 Å². The first-order valence-corrected chi connectivity index (χ1v) is 23.5. The molecule has 0 aliphatic carbocycles. The fourth-order valence-electron chi connectivity index (χ4n) is 4.18. The van der Waals surface area contributed by atoms with Crippen LogP contribution in [0.5, 0.6) is 0 Å². The quantitative estimate of drug-likeness (QED) is 0.0259. The fraction of sp³-hybridized carbons (Fsp3) is 0.684. The molecule has 0 aliphatic rings. The van der Waals surface area contributed by atoms with E-state index in [1.807, 2.05) is 0 Å². The number of carbonyl (C=O) groups is 2. The molecule has 4 nitrogen and oxygen atoms in total. The number of rotatable bonds is 28. The second-order valence-corrected chi connectivity index (χ2v) is 10.9. The van der Waals surface area contributed by atoms with Gasteiger partial charge in [-0.1, -0.05) is 110 Å². The van der Waals surface area contributed by atoms with Crippen molar-refractivity contribution in [3.63, 3.8) is 0 Å². The lowest BCUT2D eigenvalue weighted by Gasteiger charge is -2.03. The maximum atomic E-state index is 10.9. The van der Waals surface area contributed by atoms with E-state index >= 15 is 0 Å². The van der Waals surface area contributed by atoms with Crippen molar-refractivity contribution < 1.29 is 19.1 Å². The Morgan fingerprint density at radius 1 is 0.545 bits per heavy atom. The minimum atomic E-state index is -0.0868. The molecule has 0 fully saturated rings. The Kier molecular flexibility index (Phi) is 50.2. The number of unbranched alkanes of at least 4 members (excludes halogenated alkanes) is 17. The molecule has 0 amide bonds. The van der Waals surface area contributed by atoms with E-state index in [1.165, 1.54) is 104 Å². The minimum Gasteiger partial charge on any atom is -0.469 e. The molecule has 0 atom stereocenters. The van der Waals surface area contributed by atoms with Crippen molar-refractivity contribution in [1.82, 2.24) is 0 Å². The average molecular weight is 841 g/mol. The van der Waals surface area contributed by atoms with Crippen LogP contribution in [0.3, 0.4) is 0 Å². The molecule has 44 heavy (non-hydrogen) atoms. The molecule has 0 aromatic rings. The highest BCUT2D eigenvalue weighted by Crippen LogP contribution is 2.10. The molecule has 0 N–H and O–H groups in total. The number of ether oxygens (including phenoxy) is 2. The van der Waals surface area contributed by atoms with Crippen molar-refractivity contribution in [2.75, 3.05) is 14.2 Å². The lowest BCUT2D eigenvalue weighted by molar-refractivity contribution is -0.141. The molecular weight excluding hydrogens is 774 g/mol. The summed E-state index contributed by atoms with van der Waals surface area (Å²) in [7, 11) is 2.90. The number of hydrogen-bond donors (Lipinski definition) is 0. The lowest BCUT2D eigenvalue weighted by Crippen LogP contribution is -1.99. The molecule has 0 aromatic carbocycles. The third-order valence-electron chi connectivity index (χ3n) is 6.90. The summed E-state index contributed by atoms with van der Waals surface area (Å²) in [6.07, 6.45) is 47.1. The first kappa shape index (κ1) is 47.5. The number of allylic oxidation sites excluding steroid dienone is 8. The maximum Gasteiger partial charge on any atom is 0.305 e. The first-order chi connectivity index (χ1) is 21.6. The summed E-state index contributed by atoms with van der Waals surface area (Å²) in [6, 6.07) is 0. The van der Waals surface area contributed by atoms with Crippen molar-refractivity contribution in [2.45, 2.75) is 155 Å². The first-order valence-electron chi connectivity index (χ1n) is 17.2. The highest BCUT2D eigenvalue weighted by atomic mass is 128. The highest BCUT2D eigenvalue weighted by Gasteiger charge is 1.99. The Labute approximate surface area is 297 Å². The van der Waals surface area contributed by atoms with Crippen LogP contribution in [0.4, 0.5) is 0 Å². The standard InChI is InChI=1S/2C19H33O2.I2/c2*1-3-4-5-6-7-8-9-10-11-12-13-14-15-16-17-18-19(20)21-2;1-2/h2*7-11H,3-6,12-18H2,1-2H3;/q2*-1;. The Morgan fingerprint density at radius 3 is 1.48 bits per heavy atom. The molecule has 0 radical (unpaired) electrons. The van der Waals surface area contributed by atoms with Crippen LogP contribution in [0.1, 0.15) is 155 Å². The monoisotopic (exact) mass is 840 g/mol. The summed E-state index contributed by atoms with van der Waals surface area (Å²) in [5.74, 6) is -0.174. The van der Waals surface area contributed by atoms with Crippen molar-refractivity contribution in [1.29, 1.82) is 0 Å². The number of methoxy groups -OCH3 is 2. The van der Waals surface area contributed by atoms with Crippen LogP contribution in [0.15, 0.2) is 48.6 Å². The summed E-state index contributed by atoms with van der Waals surface area (Å²) >= 11 is 4.24. The van der Waals surface area contributed by atoms with Crippen LogP contribution in [-0.2, 0) is 19.1 Å². The SMILES string of the molecule is CCCCCC=CC=C[CH-]CCCCCCCC(=O)OC.CCCCCC=C[CH-]C=CCCCCCCCC(=O)OC.II. The summed E-state index contributed by atoms with van der Waals surface area (Å²) in [5.41, 5.74) is 0. The van der Waals surface area contributed by atoms with Gasteiger partial charge in [-0.2, -0.15) is 30.7 Å². The molecule has 6 heteroatoms. The molecule has 0 aromatic heterocycles. The van der Waals surface area contributed by atoms with Gasteiger partial charge in [-0.3, -0.25) is 9.59 Å². The Hall–Kier alpha value is -0.900. The predicted molar refractivity (Wildman–Crippen MR) is 210 cm³/mol. The van der Waals surface area contributed by atoms with Gasteiger partial charge in [0.1, 0.15) is 0 Å². The van der Waals surface area contributed by atoms with Crippen LogP contribution < -0.4 is 0 Å². The summed E-state index contributed by atoms with van der Waals surface area (Å²) in [6.45, 7) is 4.47. The van der Waals surface area contributed by atoms with E-state index in [9.17, 15) is 9.59 Å². The van der Waals surface area contributed by atoms with Gasteiger partial charge in [0, 0.05) is 50.1 Å². The molecule has 0 saturated heterocycles.